The average molecular weight is 296 g/mol. The number of benzene rings is 2. The summed E-state index contributed by atoms with van der Waals surface area (Å²) in [5.74, 6) is 2.14. The van der Waals surface area contributed by atoms with Crippen LogP contribution in [-0.2, 0) is 0 Å². The van der Waals surface area contributed by atoms with E-state index in [9.17, 15) is 0 Å². The first-order chi connectivity index (χ1) is 10.7. The minimum Gasteiger partial charge on any atom is -0.495 e. The third-order valence-corrected chi connectivity index (χ3v) is 3.29. The minimum absolute atomic E-state index is 0.175. The summed E-state index contributed by atoms with van der Waals surface area (Å²) in [5.41, 5.74) is 7.28. The van der Waals surface area contributed by atoms with E-state index < -0.39 is 0 Å². The van der Waals surface area contributed by atoms with Gasteiger partial charge >= 0.3 is 0 Å². The summed E-state index contributed by atoms with van der Waals surface area (Å²) in [6, 6.07) is 13.2. The van der Waals surface area contributed by atoms with Crippen LogP contribution in [0.5, 0.6) is 11.5 Å². The SMILES string of the molecule is COc1ccccc1Nc1nc(N)nc2c(OC)cccc12. The zero-order valence-corrected chi connectivity index (χ0v) is 12.3. The molecule has 0 radical (unpaired) electrons. The van der Waals surface area contributed by atoms with Crippen LogP contribution in [0, 0.1) is 0 Å². The molecule has 0 amide bonds. The van der Waals surface area contributed by atoms with Crippen molar-refractivity contribution in [3.63, 3.8) is 0 Å². The van der Waals surface area contributed by atoms with E-state index in [0.29, 0.717) is 17.1 Å². The van der Waals surface area contributed by atoms with Crippen LogP contribution < -0.4 is 20.5 Å². The van der Waals surface area contributed by atoms with Crippen molar-refractivity contribution in [2.24, 2.45) is 0 Å². The number of rotatable bonds is 4. The molecule has 22 heavy (non-hydrogen) atoms. The maximum absolute atomic E-state index is 5.82. The number of aromatic nitrogens is 2. The summed E-state index contributed by atoms with van der Waals surface area (Å²) >= 11 is 0. The highest BCUT2D eigenvalue weighted by atomic mass is 16.5. The third kappa shape index (κ3) is 2.46. The number of para-hydroxylation sites is 3. The molecular weight excluding hydrogens is 280 g/mol. The van der Waals surface area contributed by atoms with E-state index in [0.717, 1.165) is 16.8 Å². The van der Waals surface area contributed by atoms with Gasteiger partial charge < -0.3 is 20.5 Å². The highest BCUT2D eigenvalue weighted by Gasteiger charge is 2.12. The first-order valence-electron chi connectivity index (χ1n) is 6.73. The van der Waals surface area contributed by atoms with Crippen molar-refractivity contribution < 1.29 is 9.47 Å². The fourth-order valence-electron chi connectivity index (χ4n) is 2.28. The predicted octanol–water partition coefficient (Wildman–Crippen LogP) is 2.97. The Hall–Kier alpha value is -3.02. The second-order valence-corrected chi connectivity index (χ2v) is 4.61. The van der Waals surface area contributed by atoms with Crippen molar-refractivity contribution in [3.8, 4) is 11.5 Å². The van der Waals surface area contributed by atoms with Crippen LogP contribution in [0.3, 0.4) is 0 Å². The Bertz CT molecular complexity index is 820. The van der Waals surface area contributed by atoms with E-state index in [4.69, 9.17) is 15.2 Å². The van der Waals surface area contributed by atoms with Crippen LogP contribution in [0.4, 0.5) is 17.5 Å². The van der Waals surface area contributed by atoms with E-state index in [1.165, 1.54) is 0 Å². The van der Waals surface area contributed by atoms with Crippen molar-refractivity contribution in [1.29, 1.82) is 0 Å². The normalized spacial score (nSPS) is 10.5. The number of anilines is 3. The molecule has 0 atom stereocenters. The Morgan fingerprint density at radius 2 is 1.64 bits per heavy atom. The summed E-state index contributed by atoms with van der Waals surface area (Å²) in [6.45, 7) is 0. The standard InChI is InChI=1S/C16H16N4O2/c1-21-12-8-4-3-7-11(12)18-15-10-6-5-9-13(22-2)14(10)19-16(17)20-15/h3-9H,1-2H3,(H3,17,18,19,20). The summed E-state index contributed by atoms with van der Waals surface area (Å²) in [4.78, 5) is 8.55. The number of methoxy groups -OCH3 is 2. The highest BCUT2D eigenvalue weighted by Crippen LogP contribution is 2.32. The Labute approximate surface area is 127 Å². The molecule has 0 spiro atoms. The van der Waals surface area contributed by atoms with Gasteiger partial charge in [-0.1, -0.05) is 18.2 Å². The van der Waals surface area contributed by atoms with Crippen LogP contribution in [0.25, 0.3) is 10.9 Å². The Kier molecular flexibility index (Phi) is 3.65. The van der Waals surface area contributed by atoms with Crippen molar-refractivity contribution in [2.75, 3.05) is 25.3 Å². The molecule has 3 rings (SSSR count). The molecule has 3 N–H and O–H groups in total. The summed E-state index contributed by atoms with van der Waals surface area (Å²) in [6.07, 6.45) is 0. The van der Waals surface area contributed by atoms with Crippen molar-refractivity contribution in [1.82, 2.24) is 9.97 Å². The Morgan fingerprint density at radius 1 is 0.909 bits per heavy atom. The van der Waals surface area contributed by atoms with Gasteiger partial charge in [0.2, 0.25) is 5.95 Å². The van der Waals surface area contributed by atoms with Gasteiger partial charge in [-0.15, -0.1) is 0 Å². The zero-order chi connectivity index (χ0) is 15.5. The van der Waals surface area contributed by atoms with E-state index in [2.05, 4.69) is 15.3 Å². The zero-order valence-electron chi connectivity index (χ0n) is 12.3. The summed E-state index contributed by atoms with van der Waals surface area (Å²) in [7, 11) is 3.22. The third-order valence-electron chi connectivity index (χ3n) is 3.29. The molecular formula is C16H16N4O2. The smallest absolute Gasteiger partial charge is 0.222 e. The second kappa shape index (κ2) is 5.77. The number of nitrogens with one attached hydrogen (secondary N) is 1. The van der Waals surface area contributed by atoms with E-state index in [1.54, 1.807) is 14.2 Å². The monoisotopic (exact) mass is 296 g/mol. The van der Waals surface area contributed by atoms with E-state index >= 15 is 0 Å². The van der Waals surface area contributed by atoms with Gasteiger partial charge in [0, 0.05) is 5.39 Å². The molecule has 1 heterocycles. The van der Waals surface area contributed by atoms with Gasteiger partial charge in [-0.25, -0.2) is 4.98 Å². The van der Waals surface area contributed by atoms with E-state index in [-0.39, 0.29) is 5.95 Å². The number of hydrogen-bond donors (Lipinski definition) is 2. The molecule has 2 aromatic carbocycles. The molecule has 0 aliphatic carbocycles. The molecule has 0 unspecified atom stereocenters. The fourth-order valence-corrected chi connectivity index (χ4v) is 2.28. The molecule has 0 bridgehead atoms. The van der Waals surface area contributed by atoms with Crippen molar-refractivity contribution in [3.05, 3.63) is 42.5 Å². The fraction of sp³-hybridized carbons (Fsp3) is 0.125. The first kappa shape index (κ1) is 13.9. The lowest BCUT2D eigenvalue weighted by Crippen LogP contribution is -2.03. The number of nitrogen functional groups attached to an aromatic ring is 1. The lowest BCUT2D eigenvalue weighted by Gasteiger charge is -2.13. The minimum atomic E-state index is 0.175. The molecule has 1 aromatic heterocycles. The molecule has 0 saturated heterocycles. The Morgan fingerprint density at radius 3 is 2.41 bits per heavy atom. The van der Waals surface area contributed by atoms with Crippen LogP contribution in [0.1, 0.15) is 0 Å². The quantitative estimate of drug-likeness (QED) is 0.770. The Balaban J connectivity index is 2.14. The van der Waals surface area contributed by atoms with Crippen LogP contribution >= 0.6 is 0 Å². The van der Waals surface area contributed by atoms with Gasteiger partial charge in [0.25, 0.3) is 0 Å². The highest BCUT2D eigenvalue weighted by molar-refractivity contribution is 5.95. The second-order valence-electron chi connectivity index (χ2n) is 4.61. The van der Waals surface area contributed by atoms with Gasteiger partial charge in [-0.05, 0) is 24.3 Å². The van der Waals surface area contributed by atoms with Crippen LogP contribution in [0.15, 0.2) is 42.5 Å². The van der Waals surface area contributed by atoms with Gasteiger partial charge in [0.1, 0.15) is 22.8 Å². The number of hydrogen-bond acceptors (Lipinski definition) is 6. The largest absolute Gasteiger partial charge is 0.495 e. The van der Waals surface area contributed by atoms with Crippen molar-refractivity contribution in [2.45, 2.75) is 0 Å². The van der Waals surface area contributed by atoms with Gasteiger partial charge in [-0.2, -0.15) is 4.98 Å². The molecule has 112 valence electrons. The summed E-state index contributed by atoms with van der Waals surface area (Å²) in [5, 5.41) is 4.07. The lowest BCUT2D eigenvalue weighted by molar-refractivity contribution is 0.417. The molecule has 0 aliphatic heterocycles. The lowest BCUT2D eigenvalue weighted by atomic mass is 10.2. The molecule has 6 heteroatoms. The molecule has 0 saturated carbocycles. The number of nitrogens with zero attached hydrogens (tertiary/aromatic N) is 2. The van der Waals surface area contributed by atoms with Gasteiger partial charge in [0.05, 0.1) is 19.9 Å². The number of nitrogens with two attached hydrogens (primary N) is 1. The predicted molar refractivity (Wildman–Crippen MR) is 86.8 cm³/mol. The number of ether oxygens (including phenoxy) is 2. The van der Waals surface area contributed by atoms with Gasteiger partial charge in [0.15, 0.2) is 0 Å². The molecule has 0 aliphatic rings. The molecule has 6 nitrogen and oxygen atoms in total. The maximum atomic E-state index is 5.82. The van der Waals surface area contributed by atoms with Crippen molar-refractivity contribution >= 4 is 28.4 Å². The maximum Gasteiger partial charge on any atom is 0.222 e. The van der Waals surface area contributed by atoms with Gasteiger partial charge in [-0.3, -0.25) is 0 Å². The topological polar surface area (TPSA) is 82.3 Å². The van der Waals surface area contributed by atoms with Crippen LogP contribution in [-0.4, -0.2) is 24.2 Å². The number of fused-ring (bicyclic) bond motifs is 1. The average Bonchev–Trinajstić information content (AvgIpc) is 2.54. The molecule has 3 aromatic rings. The van der Waals surface area contributed by atoms with E-state index in [1.807, 2.05) is 42.5 Å². The first-order valence-corrected chi connectivity index (χ1v) is 6.73. The molecule has 0 fully saturated rings. The van der Waals surface area contributed by atoms with Crippen LogP contribution in [0.2, 0.25) is 0 Å². The summed E-state index contributed by atoms with van der Waals surface area (Å²) < 4.78 is 10.7.